The van der Waals surface area contributed by atoms with Crippen molar-refractivity contribution in [3.05, 3.63) is 84.1 Å². The molecule has 0 aliphatic carbocycles. The first kappa shape index (κ1) is 29.4. The molecule has 0 fully saturated rings. The Morgan fingerprint density at radius 2 is 0.812 bits per heavy atom. The molecular formula is C26H36O6. The Morgan fingerprint density at radius 3 is 1.09 bits per heavy atom. The molecule has 0 saturated carbocycles. The first-order valence-electron chi connectivity index (χ1n) is 10.1. The molecule has 0 unspecified atom stereocenters. The maximum atomic E-state index is 12.0. The number of allylic oxidation sites excluding steroid dienone is 12. The van der Waals surface area contributed by atoms with Gasteiger partial charge in [0.05, 0.1) is 0 Å². The fourth-order valence-electron chi connectivity index (χ4n) is 2.10. The highest BCUT2D eigenvalue weighted by Crippen LogP contribution is 2.13. The predicted octanol–water partition coefficient (Wildman–Crippen LogP) is 4.82. The van der Waals surface area contributed by atoms with Crippen LogP contribution in [0.2, 0.25) is 0 Å². The Balaban J connectivity index is 4.74. The molecule has 0 radical (unpaired) electrons. The van der Waals surface area contributed by atoms with E-state index in [2.05, 4.69) is 0 Å². The largest absolute Gasteiger partial charge is 0.347 e. The summed E-state index contributed by atoms with van der Waals surface area (Å²) in [4.78, 5) is 24.0. The maximum absolute atomic E-state index is 12.0. The molecule has 0 N–H and O–H groups in total. The first-order chi connectivity index (χ1) is 15.1. The minimum absolute atomic E-state index is 0.270. The third-order valence-corrected chi connectivity index (χ3v) is 4.72. The minimum atomic E-state index is -1.27. The third kappa shape index (κ3) is 10.6. The van der Waals surface area contributed by atoms with Crippen LogP contribution in [0.3, 0.4) is 0 Å². The van der Waals surface area contributed by atoms with Gasteiger partial charge in [0.1, 0.15) is 0 Å². The summed E-state index contributed by atoms with van der Waals surface area (Å²) in [5.41, 5.74) is 2.03. The number of rotatable bonds is 14. The number of hydrogen-bond acceptors (Lipinski definition) is 6. The van der Waals surface area contributed by atoms with E-state index in [0.717, 1.165) is 11.1 Å². The Kier molecular flexibility index (Phi) is 14.0. The Labute approximate surface area is 192 Å². The molecule has 6 heteroatoms. The molecule has 0 aromatic rings. The van der Waals surface area contributed by atoms with Gasteiger partial charge in [-0.25, -0.2) is 0 Å². The van der Waals surface area contributed by atoms with Gasteiger partial charge < -0.3 is 18.9 Å². The van der Waals surface area contributed by atoms with Crippen LogP contribution in [0, 0.1) is 0 Å². The lowest BCUT2D eigenvalue weighted by molar-refractivity contribution is -0.194. The molecule has 0 bridgehead atoms. The fourth-order valence-corrected chi connectivity index (χ4v) is 2.10. The van der Waals surface area contributed by atoms with E-state index in [9.17, 15) is 9.59 Å². The van der Waals surface area contributed by atoms with Crippen LogP contribution in [0.25, 0.3) is 0 Å². The molecular weight excluding hydrogens is 408 g/mol. The standard InChI is InChI=1S/C26H36O6/c1-21(17-11-13-19-23(27)25(3,29-5)30-6)15-9-10-16-22(2)18-12-14-20-24(28)26(4,31-7)32-8/h9-20H,1-8H3/b10-9+,17-11+,18-12+,19-13+,20-14+,21-15+,22-16+. The molecule has 0 heterocycles. The van der Waals surface area contributed by atoms with Crippen LogP contribution in [0.1, 0.15) is 27.7 Å². The Morgan fingerprint density at radius 1 is 0.531 bits per heavy atom. The second-order valence-electron chi connectivity index (χ2n) is 7.08. The monoisotopic (exact) mass is 444 g/mol. The van der Waals surface area contributed by atoms with Crippen LogP contribution < -0.4 is 0 Å². The number of hydrogen-bond donors (Lipinski definition) is 0. The normalized spacial score (nSPS) is 14.8. The van der Waals surface area contributed by atoms with Crippen LogP contribution in [0.15, 0.2) is 84.1 Å². The molecule has 0 amide bonds. The lowest BCUT2D eigenvalue weighted by atomic mass is 10.1. The van der Waals surface area contributed by atoms with E-state index in [1.165, 1.54) is 40.6 Å². The van der Waals surface area contributed by atoms with Gasteiger partial charge in [-0.15, -0.1) is 0 Å². The Bertz CT molecular complexity index is 745. The lowest BCUT2D eigenvalue weighted by Crippen LogP contribution is -2.38. The van der Waals surface area contributed by atoms with E-state index in [-0.39, 0.29) is 11.6 Å². The molecule has 0 atom stereocenters. The number of carbonyl (C=O) groups is 2. The van der Waals surface area contributed by atoms with Gasteiger partial charge in [0, 0.05) is 28.4 Å². The molecule has 0 aromatic carbocycles. The fraction of sp³-hybridized carbons (Fsp3) is 0.385. The third-order valence-electron chi connectivity index (χ3n) is 4.72. The van der Waals surface area contributed by atoms with Crippen molar-refractivity contribution < 1.29 is 28.5 Å². The van der Waals surface area contributed by atoms with Gasteiger partial charge in [0.2, 0.25) is 23.1 Å². The van der Waals surface area contributed by atoms with Crippen molar-refractivity contribution in [1.29, 1.82) is 0 Å². The molecule has 0 aliphatic heterocycles. The average molecular weight is 445 g/mol. The summed E-state index contributed by atoms with van der Waals surface area (Å²) in [5, 5.41) is 0. The quantitative estimate of drug-likeness (QED) is 0.217. The molecule has 0 spiro atoms. The van der Waals surface area contributed by atoms with Crippen LogP contribution in [0.5, 0.6) is 0 Å². The summed E-state index contributed by atoms with van der Waals surface area (Å²) >= 11 is 0. The van der Waals surface area contributed by atoms with E-state index in [0.29, 0.717) is 0 Å². The van der Waals surface area contributed by atoms with E-state index in [1.807, 2.05) is 50.3 Å². The second kappa shape index (κ2) is 15.2. The Hall–Kier alpha value is -2.64. The molecule has 0 saturated heterocycles. The van der Waals surface area contributed by atoms with Crippen molar-refractivity contribution in [3.8, 4) is 0 Å². The van der Waals surface area contributed by atoms with Gasteiger partial charge in [-0.1, -0.05) is 71.9 Å². The maximum Gasteiger partial charge on any atom is 0.229 e. The predicted molar refractivity (Wildman–Crippen MR) is 128 cm³/mol. The number of ketones is 2. The van der Waals surface area contributed by atoms with Crippen molar-refractivity contribution in [1.82, 2.24) is 0 Å². The van der Waals surface area contributed by atoms with Crippen molar-refractivity contribution in [3.63, 3.8) is 0 Å². The summed E-state index contributed by atoms with van der Waals surface area (Å²) in [6, 6.07) is 0. The van der Waals surface area contributed by atoms with Crippen LogP contribution in [-0.2, 0) is 28.5 Å². The SMILES string of the molecule is COC(C)(OC)C(=O)/C=C/C=C/C(C)=C/C=C/C=C(C)/C=C/C=C/C(=O)C(C)(OC)OC. The highest BCUT2D eigenvalue weighted by atomic mass is 16.7. The van der Waals surface area contributed by atoms with E-state index in [1.54, 1.807) is 38.2 Å². The van der Waals surface area contributed by atoms with Gasteiger partial charge in [-0.3, -0.25) is 9.59 Å². The van der Waals surface area contributed by atoms with Crippen LogP contribution in [0.4, 0.5) is 0 Å². The van der Waals surface area contributed by atoms with Gasteiger partial charge >= 0.3 is 0 Å². The highest BCUT2D eigenvalue weighted by molar-refractivity contribution is 5.96. The van der Waals surface area contributed by atoms with Crippen LogP contribution >= 0.6 is 0 Å². The topological polar surface area (TPSA) is 71.1 Å². The lowest BCUT2D eigenvalue weighted by Gasteiger charge is -2.22. The van der Waals surface area contributed by atoms with Gasteiger partial charge in [-0.2, -0.15) is 0 Å². The summed E-state index contributed by atoms with van der Waals surface area (Å²) < 4.78 is 20.3. The molecule has 6 nitrogen and oxygen atoms in total. The molecule has 32 heavy (non-hydrogen) atoms. The van der Waals surface area contributed by atoms with Crippen molar-refractivity contribution in [2.75, 3.05) is 28.4 Å². The van der Waals surface area contributed by atoms with E-state index >= 15 is 0 Å². The van der Waals surface area contributed by atoms with Crippen LogP contribution in [-0.4, -0.2) is 51.6 Å². The number of methoxy groups -OCH3 is 4. The minimum Gasteiger partial charge on any atom is -0.347 e. The van der Waals surface area contributed by atoms with Crippen molar-refractivity contribution in [2.45, 2.75) is 39.3 Å². The summed E-state index contributed by atoms with van der Waals surface area (Å²) in [5.74, 6) is -3.08. The van der Waals surface area contributed by atoms with Gasteiger partial charge in [-0.05, 0) is 39.8 Å². The van der Waals surface area contributed by atoms with Gasteiger partial charge in [0.15, 0.2) is 0 Å². The smallest absolute Gasteiger partial charge is 0.229 e. The molecule has 0 aliphatic rings. The number of carbonyl (C=O) groups excluding carboxylic acids is 2. The zero-order valence-electron chi connectivity index (χ0n) is 20.4. The molecule has 176 valence electrons. The molecule has 0 aromatic heterocycles. The summed E-state index contributed by atoms with van der Waals surface area (Å²) in [7, 11) is 5.70. The summed E-state index contributed by atoms with van der Waals surface area (Å²) in [6.07, 6.45) is 21.2. The van der Waals surface area contributed by atoms with E-state index in [4.69, 9.17) is 18.9 Å². The average Bonchev–Trinajstić information content (AvgIpc) is 2.80. The highest BCUT2D eigenvalue weighted by Gasteiger charge is 2.31. The number of ether oxygens (including phenoxy) is 4. The van der Waals surface area contributed by atoms with Gasteiger partial charge in [0.25, 0.3) is 0 Å². The van der Waals surface area contributed by atoms with E-state index < -0.39 is 11.6 Å². The van der Waals surface area contributed by atoms with Crippen molar-refractivity contribution in [2.24, 2.45) is 0 Å². The van der Waals surface area contributed by atoms with Crippen molar-refractivity contribution >= 4 is 11.6 Å². The second-order valence-corrected chi connectivity index (χ2v) is 7.08. The zero-order chi connectivity index (χ0) is 24.6. The molecule has 0 rings (SSSR count). The summed E-state index contributed by atoms with van der Waals surface area (Å²) in [6.45, 7) is 7.05. The zero-order valence-corrected chi connectivity index (χ0v) is 20.4. The first-order valence-corrected chi connectivity index (χ1v) is 10.1.